The number of ether oxygens (including phenoxy) is 2. The van der Waals surface area contributed by atoms with Gasteiger partial charge in [0.15, 0.2) is 0 Å². The van der Waals surface area contributed by atoms with Gasteiger partial charge in [0.05, 0.1) is 36.0 Å². The highest BCUT2D eigenvalue weighted by atomic mass is 19.4. The molecule has 0 radical (unpaired) electrons. The minimum absolute atomic E-state index is 0.0397. The zero-order valence-corrected chi connectivity index (χ0v) is 19.6. The molecule has 36 heavy (non-hydrogen) atoms. The number of amides is 1. The maximum absolute atomic E-state index is 13.1. The Morgan fingerprint density at radius 1 is 1.06 bits per heavy atom. The summed E-state index contributed by atoms with van der Waals surface area (Å²) in [5.74, 6) is 0. The van der Waals surface area contributed by atoms with Gasteiger partial charge in [0.25, 0.3) is 0 Å². The quantitative estimate of drug-likeness (QED) is 0.304. The van der Waals surface area contributed by atoms with Crippen LogP contribution in [-0.2, 0) is 28.2 Å². The predicted octanol–water partition coefficient (Wildman–Crippen LogP) is 5.89. The van der Waals surface area contributed by atoms with Gasteiger partial charge in [-0.3, -0.25) is 0 Å². The molecule has 3 rings (SSSR count). The molecule has 2 aromatic rings. The van der Waals surface area contributed by atoms with Crippen LogP contribution in [0.4, 0.5) is 31.1 Å². The van der Waals surface area contributed by atoms with Crippen LogP contribution in [0.3, 0.4) is 0 Å². The van der Waals surface area contributed by atoms with Gasteiger partial charge in [0.2, 0.25) is 0 Å². The number of aryl methyl sites for hydroxylation is 1. The molecule has 2 aromatic carbocycles. The summed E-state index contributed by atoms with van der Waals surface area (Å²) in [6, 6.07) is 11.2. The first-order valence-electron chi connectivity index (χ1n) is 11.5. The minimum atomic E-state index is -4.92. The molecule has 1 heterocycles. The van der Waals surface area contributed by atoms with E-state index in [9.17, 15) is 31.1 Å². The van der Waals surface area contributed by atoms with Crippen molar-refractivity contribution in [2.75, 3.05) is 26.3 Å². The highest BCUT2D eigenvalue weighted by molar-refractivity contribution is 5.69. The van der Waals surface area contributed by atoms with Crippen molar-refractivity contribution in [3.05, 3.63) is 70.8 Å². The van der Waals surface area contributed by atoms with Gasteiger partial charge in [-0.15, -0.1) is 0 Å². The van der Waals surface area contributed by atoms with E-state index in [-0.39, 0.29) is 31.4 Å². The molecule has 1 saturated heterocycles. The number of alkyl carbamates (subject to hydrolysis) is 1. The Bertz CT molecular complexity index is 981. The Morgan fingerprint density at radius 2 is 1.69 bits per heavy atom. The van der Waals surface area contributed by atoms with Crippen molar-refractivity contribution in [1.82, 2.24) is 10.6 Å². The summed E-state index contributed by atoms with van der Waals surface area (Å²) in [5, 5.41) is 6.06. The van der Waals surface area contributed by atoms with E-state index < -0.39 is 41.2 Å². The number of benzene rings is 2. The number of nitrogens with one attached hydrogen (secondary N) is 2. The van der Waals surface area contributed by atoms with Crippen LogP contribution in [0.1, 0.15) is 48.1 Å². The second-order valence-corrected chi connectivity index (χ2v) is 8.81. The molecule has 1 fully saturated rings. The molecule has 0 saturated carbocycles. The van der Waals surface area contributed by atoms with Gasteiger partial charge < -0.3 is 20.1 Å². The molecule has 0 spiro atoms. The van der Waals surface area contributed by atoms with Gasteiger partial charge in [-0.25, -0.2) is 4.79 Å². The SMILES string of the molecule is C[C@@H](OCCNC[C@@]1(CCc2ccccc2)CCOC(=O)N1)c1cc(C(F)(F)F)cc(C(F)(F)F)c1. The average molecular weight is 518 g/mol. The molecule has 1 amide bonds. The molecule has 1 aliphatic rings. The minimum Gasteiger partial charge on any atom is -0.449 e. The summed E-state index contributed by atoms with van der Waals surface area (Å²) in [5.41, 5.74) is -2.41. The molecule has 0 aromatic heterocycles. The van der Waals surface area contributed by atoms with E-state index in [1.807, 2.05) is 30.3 Å². The van der Waals surface area contributed by atoms with Crippen LogP contribution in [0.5, 0.6) is 0 Å². The first-order valence-corrected chi connectivity index (χ1v) is 11.5. The Hall–Kier alpha value is -2.79. The molecule has 0 bridgehead atoms. The number of carbonyl (C=O) groups is 1. The summed E-state index contributed by atoms with van der Waals surface area (Å²) in [7, 11) is 0. The van der Waals surface area contributed by atoms with E-state index in [1.165, 1.54) is 6.92 Å². The third kappa shape index (κ3) is 7.86. The monoisotopic (exact) mass is 518 g/mol. The molecule has 1 aliphatic heterocycles. The lowest BCUT2D eigenvalue weighted by molar-refractivity contribution is -0.143. The summed E-state index contributed by atoms with van der Waals surface area (Å²) in [6.07, 6.45) is -9.37. The van der Waals surface area contributed by atoms with Crippen molar-refractivity contribution in [1.29, 1.82) is 0 Å². The number of alkyl halides is 6. The van der Waals surface area contributed by atoms with Crippen LogP contribution in [0.15, 0.2) is 48.5 Å². The molecule has 198 valence electrons. The maximum Gasteiger partial charge on any atom is 0.416 e. The van der Waals surface area contributed by atoms with E-state index >= 15 is 0 Å². The number of rotatable bonds is 10. The second kappa shape index (κ2) is 11.5. The van der Waals surface area contributed by atoms with Gasteiger partial charge in [-0.2, -0.15) is 26.3 Å². The van der Waals surface area contributed by atoms with Crippen molar-refractivity contribution in [2.24, 2.45) is 0 Å². The van der Waals surface area contributed by atoms with Gasteiger partial charge in [0.1, 0.15) is 0 Å². The zero-order valence-electron chi connectivity index (χ0n) is 19.6. The number of halogens is 6. The van der Waals surface area contributed by atoms with Gasteiger partial charge >= 0.3 is 18.4 Å². The lowest BCUT2D eigenvalue weighted by Gasteiger charge is -2.38. The van der Waals surface area contributed by atoms with Crippen LogP contribution >= 0.6 is 0 Å². The third-order valence-corrected chi connectivity index (χ3v) is 6.11. The normalized spacial score (nSPS) is 19.5. The molecule has 0 unspecified atom stereocenters. The fourth-order valence-corrected chi connectivity index (χ4v) is 4.04. The first-order chi connectivity index (χ1) is 16.9. The highest BCUT2D eigenvalue weighted by Crippen LogP contribution is 2.37. The Labute approximate surface area is 205 Å². The van der Waals surface area contributed by atoms with Crippen molar-refractivity contribution in [2.45, 2.75) is 50.2 Å². The highest BCUT2D eigenvalue weighted by Gasteiger charge is 2.38. The van der Waals surface area contributed by atoms with Crippen LogP contribution in [-0.4, -0.2) is 37.9 Å². The van der Waals surface area contributed by atoms with Crippen molar-refractivity contribution in [3.63, 3.8) is 0 Å². The van der Waals surface area contributed by atoms with Crippen molar-refractivity contribution in [3.8, 4) is 0 Å². The largest absolute Gasteiger partial charge is 0.449 e. The molecular weight excluding hydrogens is 490 g/mol. The average Bonchev–Trinajstić information content (AvgIpc) is 2.82. The number of hydrogen-bond acceptors (Lipinski definition) is 4. The van der Waals surface area contributed by atoms with Crippen molar-refractivity contribution >= 4 is 6.09 Å². The lowest BCUT2D eigenvalue weighted by Crippen LogP contribution is -2.59. The Balaban J connectivity index is 1.56. The van der Waals surface area contributed by atoms with Gasteiger partial charge in [-0.1, -0.05) is 30.3 Å². The number of carbonyl (C=O) groups excluding carboxylic acids is 1. The number of hydrogen-bond donors (Lipinski definition) is 2. The van der Waals surface area contributed by atoms with E-state index in [4.69, 9.17) is 9.47 Å². The molecular formula is C25H28F6N2O3. The summed E-state index contributed by atoms with van der Waals surface area (Å²) >= 11 is 0. The fourth-order valence-electron chi connectivity index (χ4n) is 4.04. The van der Waals surface area contributed by atoms with Crippen LogP contribution in [0.2, 0.25) is 0 Å². The van der Waals surface area contributed by atoms with Crippen LogP contribution in [0, 0.1) is 0 Å². The standard InChI is InChI=1S/C25H28F6N2O3/c1-17(19-13-20(24(26,27)28)15-21(14-19)25(29,30)31)35-12-10-32-16-23(9-11-36-22(34)33-23)8-7-18-5-3-2-4-6-18/h2-6,13-15,17,32H,7-12,16H2,1H3,(H,33,34)/t17-,23-/m1/s1. The van der Waals surface area contributed by atoms with E-state index in [2.05, 4.69) is 10.6 Å². The molecule has 5 nitrogen and oxygen atoms in total. The zero-order chi connectivity index (χ0) is 26.4. The molecule has 2 N–H and O–H groups in total. The molecule has 0 aliphatic carbocycles. The maximum atomic E-state index is 13.1. The van der Waals surface area contributed by atoms with E-state index in [1.54, 1.807) is 0 Å². The second-order valence-electron chi connectivity index (χ2n) is 8.81. The summed E-state index contributed by atoms with van der Waals surface area (Å²) < 4.78 is 89.2. The van der Waals surface area contributed by atoms with Crippen LogP contribution in [0.25, 0.3) is 0 Å². The van der Waals surface area contributed by atoms with Gasteiger partial charge in [0, 0.05) is 19.5 Å². The Kier molecular flexibility index (Phi) is 8.89. The van der Waals surface area contributed by atoms with Crippen molar-refractivity contribution < 1.29 is 40.6 Å². The smallest absolute Gasteiger partial charge is 0.416 e. The van der Waals surface area contributed by atoms with E-state index in [0.717, 1.165) is 12.0 Å². The van der Waals surface area contributed by atoms with Gasteiger partial charge in [-0.05, 0) is 49.1 Å². The van der Waals surface area contributed by atoms with E-state index in [0.29, 0.717) is 31.5 Å². The fraction of sp³-hybridized carbons (Fsp3) is 0.480. The Morgan fingerprint density at radius 3 is 2.28 bits per heavy atom. The summed E-state index contributed by atoms with van der Waals surface area (Å²) in [6.45, 7) is 2.38. The first kappa shape index (κ1) is 27.8. The summed E-state index contributed by atoms with van der Waals surface area (Å²) in [4.78, 5) is 11.9. The third-order valence-electron chi connectivity index (χ3n) is 6.11. The number of cyclic esters (lactones) is 1. The predicted molar refractivity (Wildman–Crippen MR) is 120 cm³/mol. The molecule has 2 atom stereocenters. The molecule has 11 heteroatoms. The lowest BCUT2D eigenvalue weighted by atomic mass is 9.87. The topological polar surface area (TPSA) is 59.6 Å². The van der Waals surface area contributed by atoms with Crippen LogP contribution < -0.4 is 10.6 Å².